The first-order valence-electron chi connectivity index (χ1n) is 4.77. The Morgan fingerprint density at radius 1 is 1.33 bits per heavy atom. The van der Waals surface area contributed by atoms with Crippen molar-refractivity contribution in [3.63, 3.8) is 0 Å². The SMILES string of the molecule is CC(C)(C)[C@H](N)c1cc(F)cc(N)c1O. The summed E-state index contributed by atoms with van der Waals surface area (Å²) < 4.78 is 13.1. The van der Waals surface area contributed by atoms with E-state index in [9.17, 15) is 9.50 Å². The van der Waals surface area contributed by atoms with Crippen LogP contribution in [0.25, 0.3) is 0 Å². The smallest absolute Gasteiger partial charge is 0.143 e. The maximum absolute atomic E-state index is 13.1. The summed E-state index contributed by atoms with van der Waals surface area (Å²) in [5, 5.41) is 9.68. The predicted octanol–water partition coefficient (Wildman–Crippen LogP) is 2.16. The van der Waals surface area contributed by atoms with Crippen LogP contribution in [0.2, 0.25) is 0 Å². The minimum atomic E-state index is -0.486. The summed E-state index contributed by atoms with van der Waals surface area (Å²) in [6.45, 7) is 5.74. The molecule has 3 nitrogen and oxygen atoms in total. The van der Waals surface area contributed by atoms with E-state index in [2.05, 4.69) is 0 Å². The largest absolute Gasteiger partial charge is 0.505 e. The van der Waals surface area contributed by atoms with E-state index >= 15 is 0 Å². The zero-order chi connectivity index (χ0) is 11.8. The molecule has 1 aromatic rings. The lowest BCUT2D eigenvalue weighted by Crippen LogP contribution is -2.26. The van der Waals surface area contributed by atoms with Gasteiger partial charge >= 0.3 is 0 Å². The molecule has 1 rings (SSSR count). The van der Waals surface area contributed by atoms with Crippen LogP contribution in [-0.2, 0) is 0 Å². The van der Waals surface area contributed by atoms with Gasteiger partial charge in [-0.15, -0.1) is 0 Å². The number of nitrogen functional groups attached to an aromatic ring is 1. The molecular formula is C11H17FN2O. The van der Waals surface area contributed by atoms with Crippen molar-refractivity contribution in [3.8, 4) is 5.75 Å². The minimum Gasteiger partial charge on any atom is -0.505 e. The van der Waals surface area contributed by atoms with Crippen molar-refractivity contribution >= 4 is 5.69 Å². The van der Waals surface area contributed by atoms with Crippen LogP contribution in [0.3, 0.4) is 0 Å². The summed E-state index contributed by atoms with van der Waals surface area (Å²) in [5.41, 5.74) is 11.5. The fourth-order valence-corrected chi connectivity index (χ4v) is 1.35. The molecule has 0 aliphatic rings. The molecule has 0 saturated carbocycles. The number of rotatable bonds is 1. The van der Waals surface area contributed by atoms with Crippen molar-refractivity contribution in [2.75, 3.05) is 5.73 Å². The minimum absolute atomic E-state index is 0.0182. The average Bonchev–Trinajstić information content (AvgIpc) is 2.08. The zero-order valence-electron chi connectivity index (χ0n) is 9.21. The number of benzene rings is 1. The zero-order valence-corrected chi connectivity index (χ0v) is 9.21. The molecule has 0 aliphatic carbocycles. The highest BCUT2D eigenvalue weighted by molar-refractivity contribution is 5.57. The quantitative estimate of drug-likeness (QED) is 0.493. The van der Waals surface area contributed by atoms with Crippen LogP contribution >= 0.6 is 0 Å². The Morgan fingerprint density at radius 3 is 2.33 bits per heavy atom. The van der Waals surface area contributed by atoms with Gasteiger partial charge in [-0.05, 0) is 11.5 Å². The number of aromatic hydroxyl groups is 1. The second kappa shape index (κ2) is 3.70. The van der Waals surface area contributed by atoms with E-state index in [1.54, 1.807) is 0 Å². The first-order valence-corrected chi connectivity index (χ1v) is 4.77. The molecule has 0 spiro atoms. The van der Waals surface area contributed by atoms with E-state index in [1.807, 2.05) is 20.8 Å². The lowest BCUT2D eigenvalue weighted by Gasteiger charge is -2.28. The summed E-state index contributed by atoms with van der Waals surface area (Å²) in [5.74, 6) is -0.612. The van der Waals surface area contributed by atoms with Gasteiger partial charge in [0.1, 0.15) is 11.6 Å². The van der Waals surface area contributed by atoms with Crippen molar-refractivity contribution in [3.05, 3.63) is 23.5 Å². The molecule has 0 heterocycles. The molecule has 0 aromatic heterocycles. The number of anilines is 1. The van der Waals surface area contributed by atoms with Gasteiger partial charge in [0, 0.05) is 17.7 Å². The summed E-state index contributed by atoms with van der Waals surface area (Å²) >= 11 is 0. The molecule has 0 saturated heterocycles. The van der Waals surface area contributed by atoms with Gasteiger partial charge in [0.2, 0.25) is 0 Å². The van der Waals surface area contributed by atoms with E-state index in [1.165, 1.54) is 6.07 Å². The summed E-state index contributed by atoms with van der Waals surface area (Å²) in [6.07, 6.45) is 0. The van der Waals surface area contributed by atoms with Gasteiger partial charge in [0.25, 0.3) is 0 Å². The number of hydrogen-bond donors (Lipinski definition) is 3. The van der Waals surface area contributed by atoms with Gasteiger partial charge in [0.05, 0.1) is 5.69 Å². The van der Waals surface area contributed by atoms with Crippen molar-refractivity contribution in [2.24, 2.45) is 11.1 Å². The van der Waals surface area contributed by atoms with Crippen LogP contribution in [0.15, 0.2) is 12.1 Å². The molecule has 1 atom stereocenters. The van der Waals surface area contributed by atoms with Gasteiger partial charge in [-0.1, -0.05) is 20.8 Å². The van der Waals surface area contributed by atoms with Gasteiger partial charge in [-0.2, -0.15) is 0 Å². The van der Waals surface area contributed by atoms with Crippen molar-refractivity contribution in [1.29, 1.82) is 0 Å². The Labute approximate surface area is 88.9 Å². The third-order valence-electron chi connectivity index (χ3n) is 2.40. The number of phenols is 1. The number of hydrogen-bond acceptors (Lipinski definition) is 3. The van der Waals surface area contributed by atoms with Crippen LogP contribution in [0, 0.1) is 11.2 Å². The van der Waals surface area contributed by atoms with Crippen LogP contribution in [0.5, 0.6) is 5.75 Å². The highest BCUT2D eigenvalue weighted by Crippen LogP contribution is 2.38. The molecule has 0 radical (unpaired) electrons. The average molecular weight is 212 g/mol. The lowest BCUT2D eigenvalue weighted by molar-refractivity contribution is 0.317. The highest BCUT2D eigenvalue weighted by atomic mass is 19.1. The van der Waals surface area contributed by atoms with E-state index in [4.69, 9.17) is 11.5 Å². The molecular weight excluding hydrogens is 195 g/mol. The van der Waals surface area contributed by atoms with Gasteiger partial charge in [0.15, 0.2) is 0 Å². The van der Waals surface area contributed by atoms with E-state index < -0.39 is 11.9 Å². The molecule has 15 heavy (non-hydrogen) atoms. The first kappa shape index (κ1) is 11.8. The summed E-state index contributed by atoms with van der Waals surface area (Å²) in [7, 11) is 0. The van der Waals surface area contributed by atoms with Crippen molar-refractivity contribution in [1.82, 2.24) is 0 Å². The van der Waals surface area contributed by atoms with E-state index in [0.717, 1.165) is 6.07 Å². The van der Waals surface area contributed by atoms with E-state index in [-0.39, 0.29) is 16.9 Å². The van der Waals surface area contributed by atoms with Crippen molar-refractivity contribution < 1.29 is 9.50 Å². The lowest BCUT2D eigenvalue weighted by atomic mass is 9.82. The molecule has 0 amide bonds. The van der Waals surface area contributed by atoms with Crippen LogP contribution < -0.4 is 11.5 Å². The molecule has 1 aromatic carbocycles. The molecule has 0 unspecified atom stereocenters. The fourth-order valence-electron chi connectivity index (χ4n) is 1.35. The molecule has 84 valence electrons. The maximum Gasteiger partial charge on any atom is 0.143 e. The fraction of sp³-hybridized carbons (Fsp3) is 0.455. The maximum atomic E-state index is 13.1. The molecule has 0 aliphatic heterocycles. The third kappa shape index (κ3) is 2.39. The number of nitrogens with two attached hydrogens (primary N) is 2. The Bertz CT molecular complexity index is 372. The first-order chi connectivity index (χ1) is 6.73. The number of phenolic OH excluding ortho intramolecular Hbond substituents is 1. The van der Waals surface area contributed by atoms with Gasteiger partial charge < -0.3 is 16.6 Å². The van der Waals surface area contributed by atoms with Crippen molar-refractivity contribution in [2.45, 2.75) is 26.8 Å². The normalized spacial score (nSPS) is 13.9. The molecule has 0 bridgehead atoms. The Hall–Kier alpha value is -1.29. The third-order valence-corrected chi connectivity index (χ3v) is 2.40. The summed E-state index contributed by atoms with van der Waals surface area (Å²) in [6, 6.07) is 1.84. The Morgan fingerprint density at radius 2 is 1.87 bits per heavy atom. The van der Waals surface area contributed by atoms with Gasteiger partial charge in [-0.3, -0.25) is 0 Å². The molecule has 5 N–H and O–H groups in total. The van der Waals surface area contributed by atoms with E-state index in [0.29, 0.717) is 5.56 Å². The van der Waals surface area contributed by atoms with Gasteiger partial charge in [-0.25, -0.2) is 4.39 Å². The number of halogens is 1. The second-order valence-electron chi connectivity index (χ2n) is 4.78. The monoisotopic (exact) mass is 212 g/mol. The Kier molecular flexibility index (Phi) is 2.90. The molecule has 4 heteroatoms. The van der Waals surface area contributed by atoms with Crippen LogP contribution in [0.4, 0.5) is 10.1 Å². The second-order valence-corrected chi connectivity index (χ2v) is 4.78. The van der Waals surface area contributed by atoms with Crippen LogP contribution in [-0.4, -0.2) is 5.11 Å². The standard InChI is InChI=1S/C11H17FN2O/c1-11(2,3)10(14)7-4-6(12)5-8(13)9(7)15/h4-5,10,15H,13-14H2,1-3H3/t10-/m1/s1. The molecule has 0 fully saturated rings. The Balaban J connectivity index is 3.25. The topological polar surface area (TPSA) is 72.3 Å². The predicted molar refractivity (Wildman–Crippen MR) is 58.9 cm³/mol. The van der Waals surface area contributed by atoms with Crippen LogP contribution in [0.1, 0.15) is 32.4 Å². The summed E-state index contributed by atoms with van der Waals surface area (Å²) in [4.78, 5) is 0. The highest BCUT2D eigenvalue weighted by Gasteiger charge is 2.26.